The first-order chi connectivity index (χ1) is 29.1. The molecule has 0 fully saturated rings. The van der Waals surface area contributed by atoms with Gasteiger partial charge >= 0.3 is 17.9 Å². The Hall–Kier alpha value is -4.01. The number of carboxylic acid groups (broad SMARTS) is 1. The van der Waals surface area contributed by atoms with Crippen molar-refractivity contribution in [3.05, 3.63) is 109 Å². The van der Waals surface area contributed by atoms with E-state index in [-0.39, 0.29) is 36.2 Å². The Kier molecular flexibility index (Phi) is 38.9. The van der Waals surface area contributed by atoms with Gasteiger partial charge in [0.05, 0.1) is 34.4 Å². The summed E-state index contributed by atoms with van der Waals surface area (Å²) in [6, 6.07) is -0.629. The van der Waals surface area contributed by atoms with Gasteiger partial charge in [-0.2, -0.15) is 0 Å². The summed E-state index contributed by atoms with van der Waals surface area (Å²) in [6.45, 7) is 4.41. The molecule has 0 amide bonds. The highest BCUT2D eigenvalue weighted by Gasteiger charge is 2.31. The van der Waals surface area contributed by atoms with Crippen molar-refractivity contribution in [2.45, 2.75) is 161 Å². The van der Waals surface area contributed by atoms with Crippen LogP contribution in [0, 0.1) is 0 Å². The van der Waals surface area contributed by atoms with Crippen LogP contribution < -0.4 is 0 Å². The lowest BCUT2D eigenvalue weighted by Crippen LogP contribution is -2.50. The maximum absolute atomic E-state index is 12.7. The van der Waals surface area contributed by atoms with Gasteiger partial charge < -0.3 is 23.8 Å². The highest BCUT2D eigenvalue weighted by atomic mass is 16.6. The number of ether oxygens (including phenoxy) is 3. The van der Waals surface area contributed by atoms with Gasteiger partial charge in [-0.3, -0.25) is 9.59 Å². The minimum absolute atomic E-state index is 0.0364. The predicted molar refractivity (Wildman–Crippen MR) is 252 cm³/mol. The maximum Gasteiger partial charge on any atom is 0.362 e. The Morgan fingerprint density at radius 1 is 0.517 bits per heavy atom. The van der Waals surface area contributed by atoms with E-state index in [9.17, 15) is 19.5 Å². The predicted octanol–water partition coefficient (Wildman–Crippen LogP) is 12.9. The van der Waals surface area contributed by atoms with Crippen molar-refractivity contribution in [2.24, 2.45) is 0 Å². The summed E-state index contributed by atoms with van der Waals surface area (Å²) in [6.07, 6.45) is 57.1. The van der Waals surface area contributed by atoms with E-state index in [2.05, 4.69) is 111 Å². The van der Waals surface area contributed by atoms with Gasteiger partial charge in [0.1, 0.15) is 6.61 Å². The van der Waals surface area contributed by atoms with Crippen molar-refractivity contribution in [3.8, 4) is 0 Å². The van der Waals surface area contributed by atoms with Crippen molar-refractivity contribution in [3.63, 3.8) is 0 Å². The summed E-state index contributed by atoms with van der Waals surface area (Å²) >= 11 is 0. The fourth-order valence-electron chi connectivity index (χ4n) is 5.98. The molecular weight excluding hydrogens is 751 g/mol. The van der Waals surface area contributed by atoms with Crippen LogP contribution in [0.3, 0.4) is 0 Å². The molecule has 0 aliphatic rings. The van der Waals surface area contributed by atoms with Crippen LogP contribution in [0.5, 0.6) is 0 Å². The smallest absolute Gasteiger partial charge is 0.362 e. The van der Waals surface area contributed by atoms with Crippen LogP contribution in [0.2, 0.25) is 0 Å². The maximum atomic E-state index is 12.7. The second-order valence-corrected chi connectivity index (χ2v) is 16.0. The Labute approximate surface area is 366 Å². The van der Waals surface area contributed by atoms with Crippen molar-refractivity contribution < 1.29 is 38.2 Å². The number of nitrogens with zero attached hydrogens (tertiary/aromatic N) is 1. The summed E-state index contributed by atoms with van der Waals surface area (Å²) in [5.74, 6) is -1.54. The van der Waals surface area contributed by atoms with E-state index in [0.717, 1.165) is 116 Å². The third-order valence-electron chi connectivity index (χ3n) is 9.48. The molecule has 1 N–H and O–H groups in total. The summed E-state index contributed by atoms with van der Waals surface area (Å²) in [5.41, 5.74) is 0. The molecule has 0 bridgehead atoms. The van der Waals surface area contributed by atoms with Crippen LogP contribution in [-0.4, -0.2) is 80.6 Å². The van der Waals surface area contributed by atoms with Gasteiger partial charge in [-0.15, -0.1) is 0 Å². The third kappa shape index (κ3) is 39.5. The van der Waals surface area contributed by atoms with E-state index in [1.807, 2.05) is 33.3 Å². The fourth-order valence-corrected chi connectivity index (χ4v) is 5.98. The minimum Gasteiger partial charge on any atom is -0.477 e. The van der Waals surface area contributed by atoms with E-state index in [1.165, 1.54) is 0 Å². The van der Waals surface area contributed by atoms with Crippen LogP contribution in [0.1, 0.15) is 149 Å². The summed E-state index contributed by atoms with van der Waals surface area (Å²) < 4.78 is 17.2. The van der Waals surface area contributed by atoms with Crippen molar-refractivity contribution >= 4 is 17.9 Å². The summed E-state index contributed by atoms with van der Waals surface area (Å²) in [4.78, 5) is 37.0. The first kappa shape index (κ1) is 56.0. The van der Waals surface area contributed by atoms with E-state index in [4.69, 9.17) is 14.2 Å². The van der Waals surface area contributed by atoms with Gasteiger partial charge in [0.15, 0.2) is 12.1 Å². The summed E-state index contributed by atoms with van der Waals surface area (Å²) in [7, 11) is 5.50. The lowest BCUT2D eigenvalue weighted by Gasteiger charge is -2.31. The number of carboxylic acids is 1. The zero-order valence-electron chi connectivity index (χ0n) is 38.4. The number of hydrogen-bond donors (Lipinski definition) is 1. The van der Waals surface area contributed by atoms with Gasteiger partial charge in [0.2, 0.25) is 0 Å². The zero-order valence-corrected chi connectivity index (χ0v) is 38.4. The number of quaternary nitrogens is 1. The van der Waals surface area contributed by atoms with Crippen LogP contribution in [0.4, 0.5) is 0 Å². The molecule has 60 heavy (non-hydrogen) atoms. The zero-order chi connectivity index (χ0) is 44.2. The van der Waals surface area contributed by atoms with Crippen LogP contribution in [-0.2, 0) is 28.6 Å². The number of hydrogen-bond acceptors (Lipinski definition) is 6. The van der Waals surface area contributed by atoms with Gasteiger partial charge in [0.25, 0.3) is 0 Å². The number of esters is 2. The second-order valence-electron chi connectivity index (χ2n) is 16.0. The molecule has 8 heteroatoms. The molecule has 2 unspecified atom stereocenters. The Morgan fingerprint density at radius 2 is 0.967 bits per heavy atom. The number of likely N-dealkylation sites (N-methyl/N-ethyl adjacent to an activating group) is 1. The van der Waals surface area contributed by atoms with Gasteiger partial charge in [-0.25, -0.2) is 4.79 Å². The van der Waals surface area contributed by atoms with Crippen molar-refractivity contribution in [2.75, 3.05) is 41.0 Å². The Bertz CT molecular complexity index is 1340. The third-order valence-corrected chi connectivity index (χ3v) is 9.48. The molecular formula is C52H84NO7+. The molecule has 0 aliphatic heterocycles. The molecule has 2 atom stereocenters. The lowest BCUT2D eigenvalue weighted by molar-refractivity contribution is -0.887. The normalized spacial score (nSPS) is 13.9. The number of allylic oxidation sites excluding steroid dienone is 18. The molecule has 0 saturated carbocycles. The van der Waals surface area contributed by atoms with E-state index < -0.39 is 18.1 Å². The first-order valence-corrected chi connectivity index (χ1v) is 23.0. The van der Waals surface area contributed by atoms with Crippen molar-refractivity contribution in [1.82, 2.24) is 0 Å². The molecule has 0 aromatic rings. The largest absolute Gasteiger partial charge is 0.477 e. The Balaban J connectivity index is 4.38. The first-order valence-electron chi connectivity index (χ1n) is 23.0. The number of unbranched alkanes of at least 4 members (excludes halogenated alkanes) is 9. The van der Waals surface area contributed by atoms with Gasteiger partial charge in [-0.1, -0.05) is 155 Å². The topological polar surface area (TPSA) is 99.1 Å². The van der Waals surface area contributed by atoms with E-state index in [0.29, 0.717) is 19.3 Å². The highest BCUT2D eigenvalue weighted by Crippen LogP contribution is 2.12. The summed E-state index contributed by atoms with van der Waals surface area (Å²) in [5, 5.41) is 9.62. The van der Waals surface area contributed by atoms with Crippen LogP contribution in [0.25, 0.3) is 0 Å². The molecule has 0 aromatic carbocycles. The lowest BCUT2D eigenvalue weighted by atomic mass is 10.1. The standard InChI is InChI=1S/C52H83NO7/c1-6-8-10-12-14-16-18-20-21-22-23-24-25-26-27-28-29-31-32-34-36-38-40-42-50(54)59-47-48(46-58-45-44-49(52(56)57)53(3,4)5)60-51(55)43-41-39-37-35-33-30-19-17-15-13-11-9-7-2/h8-11,13-17,19-21,23-24,26-27,29,31,48-49H,6-7,12,18,22,25,28,30,32-47H2,1-5H3/p+1/b10-8+,11-9+,15-13+,16-14+,19-17+,21-20+,24-23+,27-26+,31-29+. The van der Waals surface area contributed by atoms with Crippen LogP contribution >= 0.6 is 0 Å². The average Bonchev–Trinajstić information content (AvgIpc) is 3.21. The minimum atomic E-state index is -0.888. The molecule has 0 aromatic heterocycles. The molecule has 0 rings (SSSR count). The second kappa shape index (κ2) is 41.7. The molecule has 338 valence electrons. The average molecular weight is 835 g/mol. The highest BCUT2D eigenvalue weighted by molar-refractivity contribution is 5.72. The van der Waals surface area contributed by atoms with E-state index in [1.54, 1.807) is 0 Å². The number of carbonyl (C=O) groups is 3. The Morgan fingerprint density at radius 3 is 1.48 bits per heavy atom. The molecule has 0 heterocycles. The molecule has 8 nitrogen and oxygen atoms in total. The molecule has 0 aliphatic carbocycles. The van der Waals surface area contributed by atoms with Gasteiger partial charge in [0, 0.05) is 19.3 Å². The quantitative estimate of drug-likeness (QED) is 0.0216. The van der Waals surface area contributed by atoms with E-state index >= 15 is 0 Å². The van der Waals surface area contributed by atoms with Crippen molar-refractivity contribution in [1.29, 1.82) is 0 Å². The number of rotatable bonds is 39. The van der Waals surface area contributed by atoms with Crippen LogP contribution in [0.15, 0.2) is 109 Å². The fraction of sp³-hybridized carbons (Fsp3) is 0.596. The molecule has 0 spiro atoms. The van der Waals surface area contributed by atoms with Gasteiger partial charge in [-0.05, 0) is 83.5 Å². The monoisotopic (exact) mass is 835 g/mol. The number of carbonyl (C=O) groups excluding carboxylic acids is 2. The number of aliphatic carboxylic acids is 1. The molecule has 0 radical (unpaired) electrons. The SMILES string of the molecule is CC/C=C/C=C/C=C/CCCCCCCC(=O)OC(COCCC(C(=O)O)[N+](C)(C)C)COC(=O)CCCCCC/C=C/C/C=C/C/C=C/C/C=C/C/C=C/C/C=C/CC. The molecule has 0 saturated heterocycles.